The van der Waals surface area contributed by atoms with E-state index in [9.17, 15) is 9.59 Å². The van der Waals surface area contributed by atoms with E-state index >= 15 is 0 Å². The molecule has 4 heteroatoms. The quantitative estimate of drug-likeness (QED) is 0.579. The molecular weight excluding hydrogens is 220 g/mol. The highest BCUT2D eigenvalue weighted by atomic mass is 16.5. The fourth-order valence-corrected chi connectivity index (χ4v) is 1.97. The molecule has 1 aromatic carbocycles. The summed E-state index contributed by atoms with van der Waals surface area (Å²) >= 11 is 0. The third-order valence-corrected chi connectivity index (χ3v) is 2.99. The maximum Gasteiger partial charge on any atom is 0.180 e. The molecule has 0 amide bonds. The molecule has 0 fully saturated rings. The summed E-state index contributed by atoms with van der Waals surface area (Å²) < 4.78 is 10.7. The van der Waals surface area contributed by atoms with E-state index in [1.54, 1.807) is 32.0 Å². The molecule has 90 valence electrons. The average molecular weight is 234 g/mol. The summed E-state index contributed by atoms with van der Waals surface area (Å²) in [7, 11) is 1.52. The van der Waals surface area contributed by atoms with Gasteiger partial charge in [0.05, 0.1) is 12.7 Å². The predicted octanol–water partition coefficient (Wildman–Crippen LogP) is 1.86. The van der Waals surface area contributed by atoms with Gasteiger partial charge in [0.25, 0.3) is 0 Å². The Kier molecular flexibility index (Phi) is 2.65. The Hall–Kier alpha value is -1.84. The molecule has 0 aromatic heterocycles. The van der Waals surface area contributed by atoms with Gasteiger partial charge in [-0.2, -0.15) is 0 Å². The Morgan fingerprint density at radius 3 is 2.71 bits per heavy atom. The topological polar surface area (TPSA) is 52.6 Å². The Morgan fingerprint density at radius 1 is 1.41 bits per heavy atom. The molecule has 0 N–H and O–H groups in total. The lowest BCUT2D eigenvalue weighted by atomic mass is 9.82. The minimum Gasteiger partial charge on any atom is -0.497 e. The van der Waals surface area contributed by atoms with Gasteiger partial charge in [0, 0.05) is 0 Å². The van der Waals surface area contributed by atoms with Crippen LogP contribution in [0.4, 0.5) is 0 Å². The van der Waals surface area contributed by atoms with E-state index in [0.717, 1.165) is 0 Å². The van der Waals surface area contributed by atoms with Gasteiger partial charge in [-0.05, 0) is 32.0 Å². The van der Waals surface area contributed by atoms with Gasteiger partial charge in [-0.3, -0.25) is 4.79 Å². The van der Waals surface area contributed by atoms with Crippen molar-refractivity contribution in [2.75, 3.05) is 7.11 Å². The van der Waals surface area contributed by atoms with Gasteiger partial charge in [0.15, 0.2) is 5.78 Å². The van der Waals surface area contributed by atoms with Crippen LogP contribution in [0, 0.1) is 5.92 Å². The fourth-order valence-electron chi connectivity index (χ4n) is 1.97. The van der Waals surface area contributed by atoms with Crippen molar-refractivity contribution in [3.8, 4) is 11.5 Å². The highest BCUT2D eigenvalue weighted by Gasteiger charge is 2.43. The second kappa shape index (κ2) is 3.87. The molecular formula is C13H14O4. The number of Topliss-reactive ketones (excluding diaryl/α,β-unsaturated/α-hetero) is 1. The van der Waals surface area contributed by atoms with Gasteiger partial charge in [-0.1, -0.05) is 0 Å². The summed E-state index contributed by atoms with van der Waals surface area (Å²) in [6, 6.07) is 5.02. The number of carbonyl (C=O) groups excluding carboxylic acids is 2. The highest BCUT2D eigenvalue weighted by Crippen LogP contribution is 2.37. The summed E-state index contributed by atoms with van der Waals surface area (Å²) in [6.45, 7) is 3.47. The van der Waals surface area contributed by atoms with E-state index in [4.69, 9.17) is 9.47 Å². The SMILES string of the molecule is COc1ccc2c(c1)C(=O)[C@@H](C=O)C(C)(C)O2. The molecule has 0 spiro atoms. The maximum atomic E-state index is 12.2. The zero-order chi connectivity index (χ0) is 12.6. The van der Waals surface area contributed by atoms with Crippen molar-refractivity contribution in [2.24, 2.45) is 5.92 Å². The van der Waals surface area contributed by atoms with E-state index in [0.29, 0.717) is 23.3 Å². The molecule has 17 heavy (non-hydrogen) atoms. The van der Waals surface area contributed by atoms with Gasteiger partial charge >= 0.3 is 0 Å². The molecule has 1 aliphatic rings. The standard InChI is InChI=1S/C13H14O4/c1-13(2)10(7-14)12(15)9-6-8(16-3)4-5-11(9)17-13/h4-7,10H,1-3H3/t10-/m1/s1. The van der Waals surface area contributed by atoms with Crippen LogP contribution in [0.5, 0.6) is 11.5 Å². The van der Waals surface area contributed by atoms with Crippen LogP contribution < -0.4 is 9.47 Å². The molecule has 4 nitrogen and oxygen atoms in total. The van der Waals surface area contributed by atoms with E-state index in [2.05, 4.69) is 0 Å². The van der Waals surface area contributed by atoms with E-state index in [1.807, 2.05) is 0 Å². The molecule has 0 bridgehead atoms. The lowest BCUT2D eigenvalue weighted by Gasteiger charge is -2.36. The maximum absolute atomic E-state index is 12.2. The van der Waals surface area contributed by atoms with E-state index in [1.165, 1.54) is 7.11 Å². The van der Waals surface area contributed by atoms with Gasteiger partial charge in [0.1, 0.15) is 29.3 Å². The number of rotatable bonds is 2. The van der Waals surface area contributed by atoms with Crippen molar-refractivity contribution < 1.29 is 19.1 Å². The molecule has 0 unspecified atom stereocenters. The molecule has 1 aromatic rings. The van der Waals surface area contributed by atoms with Gasteiger partial charge < -0.3 is 14.3 Å². The van der Waals surface area contributed by atoms with Crippen molar-refractivity contribution in [1.29, 1.82) is 0 Å². The van der Waals surface area contributed by atoms with Gasteiger partial charge in [-0.15, -0.1) is 0 Å². The van der Waals surface area contributed by atoms with Crippen LogP contribution in [0.2, 0.25) is 0 Å². The number of aldehydes is 1. The number of hydrogen-bond donors (Lipinski definition) is 0. The van der Waals surface area contributed by atoms with Crippen LogP contribution in [0.1, 0.15) is 24.2 Å². The Balaban J connectivity index is 2.53. The van der Waals surface area contributed by atoms with Crippen LogP contribution in [0.3, 0.4) is 0 Å². The Morgan fingerprint density at radius 2 is 2.12 bits per heavy atom. The lowest BCUT2D eigenvalue weighted by molar-refractivity contribution is -0.114. The van der Waals surface area contributed by atoms with Crippen LogP contribution in [-0.2, 0) is 4.79 Å². The fraction of sp³-hybridized carbons (Fsp3) is 0.385. The molecule has 1 aliphatic heterocycles. The molecule has 0 aliphatic carbocycles. The first-order valence-corrected chi connectivity index (χ1v) is 5.36. The van der Waals surface area contributed by atoms with Crippen LogP contribution in [-0.4, -0.2) is 24.8 Å². The van der Waals surface area contributed by atoms with Crippen molar-refractivity contribution in [1.82, 2.24) is 0 Å². The third kappa shape index (κ3) is 1.79. The first-order chi connectivity index (χ1) is 7.99. The number of carbonyl (C=O) groups is 2. The average Bonchev–Trinajstić information content (AvgIpc) is 2.28. The molecule has 0 radical (unpaired) electrons. The lowest BCUT2D eigenvalue weighted by Crippen LogP contribution is -2.46. The second-order valence-electron chi connectivity index (χ2n) is 4.55. The molecule has 0 saturated carbocycles. The molecule has 1 heterocycles. The van der Waals surface area contributed by atoms with Crippen molar-refractivity contribution in [2.45, 2.75) is 19.4 Å². The predicted molar refractivity (Wildman–Crippen MR) is 61.6 cm³/mol. The van der Waals surface area contributed by atoms with E-state index in [-0.39, 0.29) is 5.78 Å². The summed E-state index contributed by atoms with van der Waals surface area (Å²) in [5.41, 5.74) is -0.402. The zero-order valence-corrected chi connectivity index (χ0v) is 10.0. The van der Waals surface area contributed by atoms with Crippen molar-refractivity contribution >= 4 is 12.1 Å². The molecule has 0 saturated heterocycles. The summed E-state index contributed by atoms with van der Waals surface area (Å²) in [6.07, 6.45) is 0.644. The minimum absolute atomic E-state index is 0.217. The monoisotopic (exact) mass is 234 g/mol. The number of ketones is 1. The summed E-state index contributed by atoms with van der Waals surface area (Å²) in [4.78, 5) is 23.2. The minimum atomic E-state index is -0.805. The first kappa shape index (κ1) is 11.6. The summed E-state index contributed by atoms with van der Waals surface area (Å²) in [5.74, 6) is 0.0798. The first-order valence-electron chi connectivity index (χ1n) is 5.36. The highest BCUT2D eigenvalue weighted by molar-refractivity contribution is 6.09. The van der Waals surface area contributed by atoms with E-state index < -0.39 is 11.5 Å². The van der Waals surface area contributed by atoms with Crippen LogP contribution >= 0.6 is 0 Å². The Bertz CT molecular complexity index is 476. The number of ether oxygens (including phenoxy) is 2. The molecule has 1 atom stereocenters. The second-order valence-corrected chi connectivity index (χ2v) is 4.55. The Labute approximate surface area is 99.5 Å². The number of hydrogen-bond acceptors (Lipinski definition) is 4. The third-order valence-electron chi connectivity index (χ3n) is 2.99. The van der Waals surface area contributed by atoms with Crippen molar-refractivity contribution in [3.63, 3.8) is 0 Å². The van der Waals surface area contributed by atoms with Gasteiger partial charge in [-0.25, -0.2) is 0 Å². The molecule has 2 rings (SSSR count). The van der Waals surface area contributed by atoms with Gasteiger partial charge in [0.2, 0.25) is 0 Å². The van der Waals surface area contributed by atoms with Crippen LogP contribution in [0.15, 0.2) is 18.2 Å². The number of methoxy groups -OCH3 is 1. The number of benzene rings is 1. The normalized spacial score (nSPS) is 21.4. The smallest absolute Gasteiger partial charge is 0.180 e. The van der Waals surface area contributed by atoms with Crippen LogP contribution in [0.25, 0.3) is 0 Å². The van der Waals surface area contributed by atoms with Crippen molar-refractivity contribution in [3.05, 3.63) is 23.8 Å². The number of fused-ring (bicyclic) bond motifs is 1. The zero-order valence-electron chi connectivity index (χ0n) is 10.0. The summed E-state index contributed by atoms with van der Waals surface area (Å²) in [5, 5.41) is 0. The largest absolute Gasteiger partial charge is 0.497 e.